The lowest BCUT2D eigenvalue weighted by atomic mass is 10.1. The Labute approximate surface area is 239 Å². The lowest BCUT2D eigenvalue weighted by molar-refractivity contribution is -0.122. The lowest BCUT2D eigenvalue weighted by Gasteiger charge is -2.14. The summed E-state index contributed by atoms with van der Waals surface area (Å²) in [5, 5.41) is 8.80. The molecule has 0 N–H and O–H groups in total. The van der Waals surface area contributed by atoms with Gasteiger partial charge in [-0.1, -0.05) is 46.3 Å². The molecule has 1 saturated heterocycles. The van der Waals surface area contributed by atoms with E-state index in [1.807, 2.05) is 12.1 Å². The van der Waals surface area contributed by atoms with Crippen LogP contribution in [0.25, 0.3) is 6.08 Å². The van der Waals surface area contributed by atoms with Crippen LogP contribution in [0.1, 0.15) is 27.0 Å². The van der Waals surface area contributed by atoms with Crippen LogP contribution in [0.5, 0.6) is 11.5 Å². The van der Waals surface area contributed by atoms with E-state index in [4.69, 9.17) is 9.47 Å². The zero-order chi connectivity index (χ0) is 26.5. The number of imide groups is 1. The van der Waals surface area contributed by atoms with Crippen molar-refractivity contribution < 1.29 is 23.9 Å². The first kappa shape index (κ1) is 26.9. The van der Waals surface area contributed by atoms with E-state index in [2.05, 4.69) is 44.6 Å². The Morgan fingerprint density at radius 3 is 2.59 bits per heavy atom. The summed E-state index contributed by atoms with van der Waals surface area (Å²) in [6.45, 7) is -0.151. The molecule has 37 heavy (non-hydrogen) atoms. The standard InChI is InChI=1S/C27H18BrIN2O5S/c1-35-23-11-16(10-21(29)25(23)36-15-19-5-3-2-4-18(19)13-30)12-24-26(33)31(27(34)37-24)14-22(32)17-6-8-20(28)9-7-17/h2-12H,14-15H2,1H3/b24-12+. The van der Waals surface area contributed by atoms with Gasteiger partial charge in [-0.3, -0.25) is 19.3 Å². The molecule has 3 aromatic rings. The summed E-state index contributed by atoms with van der Waals surface area (Å²) in [6, 6.07) is 19.6. The smallest absolute Gasteiger partial charge is 0.293 e. The van der Waals surface area contributed by atoms with E-state index in [1.165, 1.54) is 7.11 Å². The second kappa shape index (κ2) is 11.9. The van der Waals surface area contributed by atoms with Crippen molar-refractivity contribution >= 4 is 73.3 Å². The second-order valence-corrected chi connectivity index (χ2v) is 10.9. The van der Waals surface area contributed by atoms with Crippen LogP contribution in [0.2, 0.25) is 0 Å². The molecule has 0 bridgehead atoms. The van der Waals surface area contributed by atoms with Gasteiger partial charge in [-0.15, -0.1) is 0 Å². The maximum atomic E-state index is 12.9. The van der Waals surface area contributed by atoms with E-state index in [0.29, 0.717) is 28.2 Å². The lowest BCUT2D eigenvalue weighted by Crippen LogP contribution is -2.33. The molecule has 7 nitrogen and oxygen atoms in total. The first-order chi connectivity index (χ1) is 17.8. The van der Waals surface area contributed by atoms with Crippen molar-refractivity contribution in [2.24, 2.45) is 0 Å². The molecule has 186 valence electrons. The highest BCUT2D eigenvalue weighted by Gasteiger charge is 2.36. The summed E-state index contributed by atoms with van der Waals surface area (Å²) in [7, 11) is 1.51. The summed E-state index contributed by atoms with van der Waals surface area (Å²) < 4.78 is 13.0. The Hall–Kier alpha value is -3.14. The molecule has 4 rings (SSSR count). The Morgan fingerprint density at radius 2 is 1.89 bits per heavy atom. The molecule has 10 heteroatoms. The van der Waals surface area contributed by atoms with Crippen LogP contribution in [0.3, 0.4) is 0 Å². The molecule has 0 unspecified atom stereocenters. The highest BCUT2D eigenvalue weighted by molar-refractivity contribution is 14.1. The first-order valence-corrected chi connectivity index (χ1v) is 13.5. The third-order valence-corrected chi connectivity index (χ3v) is 7.64. The summed E-state index contributed by atoms with van der Waals surface area (Å²) >= 11 is 6.21. The minimum atomic E-state index is -0.525. The van der Waals surface area contributed by atoms with Crippen LogP contribution in [-0.2, 0) is 11.4 Å². The Kier molecular flexibility index (Phi) is 8.68. The minimum Gasteiger partial charge on any atom is -0.493 e. The number of amides is 2. The van der Waals surface area contributed by atoms with Gasteiger partial charge in [0, 0.05) is 15.6 Å². The van der Waals surface area contributed by atoms with Crippen molar-refractivity contribution in [1.82, 2.24) is 4.90 Å². The van der Waals surface area contributed by atoms with Gasteiger partial charge >= 0.3 is 0 Å². The third-order valence-electron chi connectivity index (χ3n) is 5.40. The zero-order valence-electron chi connectivity index (χ0n) is 19.4. The van der Waals surface area contributed by atoms with Crippen LogP contribution >= 0.6 is 50.3 Å². The number of benzene rings is 3. The molecule has 0 atom stereocenters. The minimum absolute atomic E-state index is 0.181. The van der Waals surface area contributed by atoms with Gasteiger partial charge in [0.05, 0.1) is 33.8 Å². The maximum Gasteiger partial charge on any atom is 0.293 e. The largest absolute Gasteiger partial charge is 0.493 e. The number of halogens is 2. The predicted molar refractivity (Wildman–Crippen MR) is 152 cm³/mol. The Balaban J connectivity index is 1.52. The number of nitrogens with zero attached hydrogens (tertiary/aromatic N) is 2. The zero-order valence-corrected chi connectivity index (χ0v) is 23.9. The summed E-state index contributed by atoms with van der Waals surface area (Å²) in [6.07, 6.45) is 1.59. The molecule has 2 amide bonds. The molecule has 3 aromatic carbocycles. The highest BCUT2D eigenvalue weighted by Crippen LogP contribution is 2.38. The third kappa shape index (κ3) is 6.23. The van der Waals surface area contributed by atoms with Crippen LogP contribution in [-0.4, -0.2) is 35.5 Å². The van der Waals surface area contributed by atoms with Gasteiger partial charge in [0.2, 0.25) is 0 Å². The molecule has 1 heterocycles. The number of thioether (sulfide) groups is 1. The molecular weight excluding hydrogens is 671 g/mol. The van der Waals surface area contributed by atoms with Crippen molar-refractivity contribution in [2.45, 2.75) is 6.61 Å². The number of rotatable bonds is 8. The topological polar surface area (TPSA) is 96.7 Å². The average molecular weight is 689 g/mol. The van der Waals surface area contributed by atoms with Gasteiger partial charge in [0.25, 0.3) is 11.1 Å². The summed E-state index contributed by atoms with van der Waals surface area (Å²) in [5.74, 6) is 0.0908. The van der Waals surface area contributed by atoms with Gasteiger partial charge < -0.3 is 9.47 Å². The molecule has 0 spiro atoms. The van der Waals surface area contributed by atoms with E-state index in [-0.39, 0.29) is 23.8 Å². The van der Waals surface area contributed by atoms with E-state index in [1.54, 1.807) is 54.6 Å². The number of ketones is 1. The normalized spacial score (nSPS) is 14.1. The van der Waals surface area contributed by atoms with Crippen molar-refractivity contribution in [3.63, 3.8) is 0 Å². The monoisotopic (exact) mass is 688 g/mol. The van der Waals surface area contributed by atoms with Crippen molar-refractivity contribution in [1.29, 1.82) is 5.26 Å². The van der Waals surface area contributed by atoms with E-state index in [9.17, 15) is 19.6 Å². The van der Waals surface area contributed by atoms with Crippen molar-refractivity contribution in [2.75, 3.05) is 13.7 Å². The Bertz CT molecular complexity index is 1470. The number of carbonyl (C=O) groups is 3. The number of ether oxygens (including phenoxy) is 2. The van der Waals surface area contributed by atoms with Gasteiger partial charge in [0.1, 0.15) is 6.61 Å². The molecule has 0 aromatic heterocycles. The number of Topliss-reactive ketones (excluding diaryl/α,β-unsaturated/α-hetero) is 1. The number of methoxy groups -OCH3 is 1. The van der Waals surface area contributed by atoms with Crippen LogP contribution in [0.15, 0.2) is 70.0 Å². The number of hydrogen-bond acceptors (Lipinski definition) is 7. The fourth-order valence-corrected chi connectivity index (χ4v) is 5.41. The molecule has 1 aliphatic rings. The number of hydrogen-bond donors (Lipinski definition) is 0. The molecule has 0 aliphatic carbocycles. The SMILES string of the molecule is COc1cc(/C=C2/SC(=O)N(CC(=O)c3ccc(Br)cc3)C2=O)cc(I)c1OCc1ccccc1C#N. The van der Waals surface area contributed by atoms with E-state index >= 15 is 0 Å². The van der Waals surface area contributed by atoms with E-state index < -0.39 is 11.1 Å². The maximum absolute atomic E-state index is 12.9. The molecule has 0 radical (unpaired) electrons. The van der Waals surface area contributed by atoms with Crippen molar-refractivity contribution in [3.8, 4) is 17.6 Å². The summed E-state index contributed by atoms with van der Waals surface area (Å²) in [4.78, 5) is 39.2. The number of carbonyl (C=O) groups excluding carboxylic acids is 3. The van der Waals surface area contributed by atoms with Crippen LogP contribution < -0.4 is 9.47 Å². The average Bonchev–Trinajstić information content (AvgIpc) is 3.15. The fraction of sp³-hybridized carbons (Fsp3) is 0.111. The fourth-order valence-electron chi connectivity index (χ4n) is 3.53. The van der Waals surface area contributed by atoms with Crippen LogP contribution in [0, 0.1) is 14.9 Å². The Morgan fingerprint density at radius 1 is 1.16 bits per heavy atom. The summed E-state index contributed by atoms with van der Waals surface area (Å²) in [5.41, 5.74) is 2.33. The second-order valence-electron chi connectivity index (χ2n) is 7.79. The quantitative estimate of drug-likeness (QED) is 0.153. The van der Waals surface area contributed by atoms with Gasteiger partial charge in [0.15, 0.2) is 17.3 Å². The molecule has 0 saturated carbocycles. The highest BCUT2D eigenvalue weighted by atomic mass is 127. The molecule has 1 fully saturated rings. The van der Waals surface area contributed by atoms with E-state index in [0.717, 1.165) is 30.3 Å². The number of nitriles is 1. The van der Waals surface area contributed by atoms with Crippen molar-refractivity contribution in [3.05, 3.63) is 95.9 Å². The molecule has 1 aliphatic heterocycles. The van der Waals surface area contributed by atoms with Gasteiger partial charge in [-0.25, -0.2) is 0 Å². The first-order valence-electron chi connectivity index (χ1n) is 10.8. The predicted octanol–water partition coefficient (Wildman–Crippen LogP) is 6.43. The van der Waals surface area contributed by atoms with Gasteiger partial charge in [-0.05, 0) is 76.3 Å². The van der Waals surface area contributed by atoms with Gasteiger partial charge in [-0.2, -0.15) is 5.26 Å². The van der Waals surface area contributed by atoms with Crippen LogP contribution in [0.4, 0.5) is 4.79 Å². The molecular formula is C27H18BrIN2O5S.